The molecule has 114 valence electrons. The van der Waals surface area contributed by atoms with E-state index in [9.17, 15) is 4.79 Å². The molecule has 21 heavy (non-hydrogen) atoms. The van der Waals surface area contributed by atoms with Crippen LogP contribution in [0.15, 0.2) is 30.3 Å². The summed E-state index contributed by atoms with van der Waals surface area (Å²) >= 11 is 0. The molecule has 4 rings (SSSR count). The van der Waals surface area contributed by atoms with Gasteiger partial charge < -0.3 is 4.74 Å². The first kappa shape index (κ1) is 14.5. The summed E-state index contributed by atoms with van der Waals surface area (Å²) in [5.74, 6) is 0.656. The fourth-order valence-electron chi connectivity index (χ4n) is 3.46. The zero-order valence-electron chi connectivity index (χ0n) is 12.7. The highest BCUT2D eigenvalue weighted by atomic mass is 16.5. The highest BCUT2D eigenvalue weighted by Gasteiger charge is 2.32. The van der Waals surface area contributed by atoms with Crippen LogP contribution < -0.4 is 0 Å². The number of benzene rings is 1. The van der Waals surface area contributed by atoms with Gasteiger partial charge in [0.2, 0.25) is 0 Å². The number of hydrogen-bond donors (Lipinski definition) is 0. The average Bonchev–Trinajstić information content (AvgIpc) is 2.53. The van der Waals surface area contributed by atoms with E-state index in [1.54, 1.807) is 0 Å². The molecule has 4 heteroatoms. The fourth-order valence-corrected chi connectivity index (χ4v) is 3.46. The lowest BCUT2D eigenvalue weighted by atomic mass is 9.94. The Morgan fingerprint density at radius 2 is 2.00 bits per heavy atom. The smallest absolute Gasteiger partial charge is 0.303 e. The van der Waals surface area contributed by atoms with Crippen LogP contribution in [0, 0.1) is 5.92 Å². The number of piperidine rings is 1. The van der Waals surface area contributed by atoms with Crippen molar-refractivity contribution >= 4 is 5.97 Å². The molecular formula is C17H24N2O2. The molecule has 1 aromatic rings. The Balaban J connectivity index is 1.61. The van der Waals surface area contributed by atoms with E-state index in [0.717, 1.165) is 24.4 Å². The van der Waals surface area contributed by atoms with Crippen LogP contribution in [-0.4, -0.2) is 42.2 Å². The van der Waals surface area contributed by atoms with Crippen LogP contribution in [0.4, 0.5) is 0 Å². The van der Waals surface area contributed by atoms with Gasteiger partial charge in [0, 0.05) is 39.5 Å². The third-order valence-corrected chi connectivity index (χ3v) is 4.59. The highest BCUT2D eigenvalue weighted by Crippen LogP contribution is 2.28. The van der Waals surface area contributed by atoms with Crippen molar-refractivity contribution in [3.63, 3.8) is 0 Å². The summed E-state index contributed by atoms with van der Waals surface area (Å²) in [6, 6.07) is 10.1. The van der Waals surface area contributed by atoms with E-state index in [2.05, 4.69) is 10.0 Å². The zero-order chi connectivity index (χ0) is 14.7. The van der Waals surface area contributed by atoms with Gasteiger partial charge >= 0.3 is 5.97 Å². The Morgan fingerprint density at radius 1 is 1.29 bits per heavy atom. The standard InChI is InChI=1S/C17H24N2O2/c1-14(20)21-17(16-5-3-2-4-6-16)9-12-19-13-15-7-10-18(19)11-8-15/h2-6,15,17H,7-13H2,1H3. The van der Waals surface area contributed by atoms with Gasteiger partial charge in [-0.25, -0.2) is 10.0 Å². The molecular weight excluding hydrogens is 264 g/mol. The molecule has 3 heterocycles. The fraction of sp³-hybridized carbons (Fsp3) is 0.588. The van der Waals surface area contributed by atoms with E-state index in [1.807, 2.05) is 30.3 Å². The minimum atomic E-state index is -0.204. The van der Waals surface area contributed by atoms with Crippen molar-refractivity contribution in [3.05, 3.63) is 35.9 Å². The van der Waals surface area contributed by atoms with Gasteiger partial charge in [-0.1, -0.05) is 30.3 Å². The Hall–Kier alpha value is -1.39. The molecule has 4 nitrogen and oxygen atoms in total. The van der Waals surface area contributed by atoms with E-state index < -0.39 is 0 Å². The predicted octanol–water partition coefficient (Wildman–Crippen LogP) is 2.62. The van der Waals surface area contributed by atoms with E-state index >= 15 is 0 Å². The maximum Gasteiger partial charge on any atom is 0.303 e. The number of nitrogens with zero attached hydrogens (tertiary/aromatic N) is 2. The number of carbonyl (C=O) groups excluding carboxylic acids is 1. The van der Waals surface area contributed by atoms with Gasteiger partial charge in [-0.15, -0.1) is 0 Å². The lowest BCUT2D eigenvalue weighted by Crippen LogP contribution is -2.56. The van der Waals surface area contributed by atoms with E-state index in [1.165, 1.54) is 39.4 Å². The molecule has 0 amide bonds. The number of hydrazine groups is 1. The number of hydrogen-bond acceptors (Lipinski definition) is 4. The van der Waals surface area contributed by atoms with Gasteiger partial charge in [0.15, 0.2) is 0 Å². The van der Waals surface area contributed by atoms with Gasteiger partial charge in [0.25, 0.3) is 0 Å². The molecule has 1 unspecified atom stereocenters. The molecule has 3 fully saturated rings. The summed E-state index contributed by atoms with van der Waals surface area (Å²) < 4.78 is 5.52. The normalized spacial score (nSPS) is 26.5. The van der Waals surface area contributed by atoms with Crippen LogP contribution in [0.1, 0.15) is 37.9 Å². The Labute approximate surface area is 126 Å². The molecule has 3 saturated heterocycles. The van der Waals surface area contributed by atoms with E-state index in [0.29, 0.717) is 0 Å². The van der Waals surface area contributed by atoms with Gasteiger partial charge in [0.05, 0.1) is 0 Å². The zero-order valence-corrected chi connectivity index (χ0v) is 12.7. The molecule has 1 atom stereocenters. The van der Waals surface area contributed by atoms with E-state index in [-0.39, 0.29) is 12.1 Å². The van der Waals surface area contributed by atoms with Crippen molar-refractivity contribution in [2.24, 2.45) is 5.92 Å². The molecule has 3 aliphatic heterocycles. The highest BCUT2D eigenvalue weighted by molar-refractivity contribution is 5.66. The van der Waals surface area contributed by atoms with Crippen molar-refractivity contribution in [2.45, 2.75) is 32.3 Å². The van der Waals surface area contributed by atoms with Crippen LogP contribution in [-0.2, 0) is 9.53 Å². The Bertz CT molecular complexity index is 469. The van der Waals surface area contributed by atoms with Gasteiger partial charge in [-0.2, -0.15) is 0 Å². The molecule has 3 aliphatic rings. The second-order valence-corrected chi connectivity index (χ2v) is 6.11. The molecule has 0 N–H and O–H groups in total. The first-order chi connectivity index (χ1) is 10.2. The molecule has 0 radical (unpaired) electrons. The lowest BCUT2D eigenvalue weighted by Gasteiger charge is -2.48. The maximum absolute atomic E-state index is 11.4. The molecule has 0 saturated carbocycles. The van der Waals surface area contributed by atoms with Gasteiger partial charge in [0.1, 0.15) is 6.10 Å². The van der Waals surface area contributed by atoms with Crippen LogP contribution in [0.25, 0.3) is 0 Å². The topological polar surface area (TPSA) is 32.8 Å². The molecule has 0 aliphatic carbocycles. The molecule has 0 spiro atoms. The van der Waals surface area contributed by atoms with Crippen molar-refractivity contribution in [1.29, 1.82) is 0 Å². The summed E-state index contributed by atoms with van der Waals surface area (Å²) in [4.78, 5) is 11.4. The summed E-state index contributed by atoms with van der Waals surface area (Å²) in [5, 5.41) is 4.92. The van der Waals surface area contributed by atoms with Crippen molar-refractivity contribution < 1.29 is 9.53 Å². The first-order valence-electron chi connectivity index (χ1n) is 7.94. The first-order valence-corrected chi connectivity index (χ1v) is 7.94. The maximum atomic E-state index is 11.4. The molecule has 2 bridgehead atoms. The minimum Gasteiger partial charge on any atom is -0.458 e. The quantitative estimate of drug-likeness (QED) is 0.780. The SMILES string of the molecule is CC(=O)OC(CCN1CC2CCN1CC2)c1ccccc1. The average molecular weight is 288 g/mol. The summed E-state index contributed by atoms with van der Waals surface area (Å²) in [7, 11) is 0. The van der Waals surface area contributed by atoms with Gasteiger partial charge in [-0.05, 0) is 24.3 Å². The van der Waals surface area contributed by atoms with Crippen LogP contribution in [0.2, 0.25) is 0 Å². The second-order valence-electron chi connectivity index (χ2n) is 6.11. The van der Waals surface area contributed by atoms with Crippen molar-refractivity contribution in [3.8, 4) is 0 Å². The monoisotopic (exact) mass is 288 g/mol. The lowest BCUT2D eigenvalue weighted by molar-refractivity contribution is -0.149. The number of esters is 1. The summed E-state index contributed by atoms with van der Waals surface area (Å²) in [6.07, 6.45) is 3.39. The van der Waals surface area contributed by atoms with Crippen LogP contribution in [0.3, 0.4) is 0 Å². The Kier molecular flexibility index (Phi) is 4.56. The van der Waals surface area contributed by atoms with Crippen molar-refractivity contribution in [2.75, 3.05) is 26.2 Å². The predicted molar refractivity (Wildman–Crippen MR) is 81.4 cm³/mol. The molecule has 1 aromatic carbocycles. The summed E-state index contributed by atoms with van der Waals surface area (Å²) in [5.41, 5.74) is 1.09. The minimum absolute atomic E-state index is 0.134. The summed E-state index contributed by atoms with van der Waals surface area (Å²) in [6.45, 7) is 6.00. The van der Waals surface area contributed by atoms with E-state index in [4.69, 9.17) is 4.74 Å². The van der Waals surface area contributed by atoms with Crippen molar-refractivity contribution in [1.82, 2.24) is 10.0 Å². The number of carbonyl (C=O) groups is 1. The third kappa shape index (κ3) is 3.63. The number of ether oxygens (including phenoxy) is 1. The second kappa shape index (κ2) is 6.58. The number of fused-ring (bicyclic) bond motifs is 3. The van der Waals surface area contributed by atoms with Crippen LogP contribution >= 0.6 is 0 Å². The molecule has 0 aromatic heterocycles. The number of rotatable bonds is 5. The van der Waals surface area contributed by atoms with Crippen LogP contribution in [0.5, 0.6) is 0 Å². The largest absolute Gasteiger partial charge is 0.458 e. The van der Waals surface area contributed by atoms with Gasteiger partial charge in [-0.3, -0.25) is 4.79 Å². The third-order valence-electron chi connectivity index (χ3n) is 4.59. The Morgan fingerprint density at radius 3 is 2.57 bits per heavy atom.